The molecule has 0 bridgehead atoms. The molecule has 0 aliphatic carbocycles. The number of hydrogen-bond donors (Lipinski definition) is 0. The first-order valence-electron chi connectivity index (χ1n) is 13.3. The second kappa shape index (κ2) is 11.1. The highest BCUT2D eigenvalue weighted by molar-refractivity contribution is 5.97. The summed E-state index contributed by atoms with van der Waals surface area (Å²) in [5.74, 6) is 0.116. The third-order valence-electron chi connectivity index (χ3n) is 7.10. The van der Waals surface area contributed by atoms with E-state index in [1.165, 1.54) is 0 Å². The molecule has 1 aliphatic heterocycles. The molecule has 0 radical (unpaired) electrons. The molecule has 6 rings (SSSR count). The van der Waals surface area contributed by atoms with E-state index in [-0.39, 0.29) is 18.2 Å². The molecule has 0 N–H and O–H groups in total. The summed E-state index contributed by atoms with van der Waals surface area (Å²) < 4.78 is 17.2. The second-order valence-corrected chi connectivity index (χ2v) is 9.51. The molecule has 0 spiro atoms. The van der Waals surface area contributed by atoms with Crippen LogP contribution in [-0.2, 0) is 4.74 Å². The normalized spacial score (nSPS) is 13.4. The number of para-hydroxylation sites is 2. The maximum atomic E-state index is 13.1. The molecule has 1 saturated heterocycles. The molecule has 1 aliphatic rings. The highest BCUT2D eigenvalue weighted by Crippen LogP contribution is 2.31. The van der Waals surface area contributed by atoms with E-state index in [0.717, 1.165) is 16.9 Å². The van der Waals surface area contributed by atoms with Crippen LogP contribution in [0.2, 0.25) is 0 Å². The van der Waals surface area contributed by atoms with Crippen LogP contribution >= 0.6 is 0 Å². The van der Waals surface area contributed by atoms with Gasteiger partial charge in [-0.1, -0.05) is 24.3 Å². The molecule has 0 atom stereocenters. The minimum atomic E-state index is -0.482. The van der Waals surface area contributed by atoms with E-state index in [1.54, 1.807) is 43.0 Å². The Bertz CT molecular complexity index is 1700. The molecule has 3 aromatic carbocycles. The molecule has 2 aromatic heterocycles. The SMILES string of the molecule is CCOC(=O)c1cc(-c2ccc(N3CCN(C(=O)c4ccc5nonc5c4)CC3)cc2)n(-c2ccccc2OC)n1. The number of amides is 1. The predicted octanol–water partition coefficient (Wildman–Crippen LogP) is 4.22. The van der Waals surface area contributed by atoms with E-state index in [1.807, 2.05) is 53.4 Å². The van der Waals surface area contributed by atoms with E-state index in [0.29, 0.717) is 54.2 Å². The average Bonchev–Trinajstić information content (AvgIpc) is 3.68. The highest BCUT2D eigenvalue weighted by atomic mass is 16.6. The van der Waals surface area contributed by atoms with Crippen LogP contribution in [0.1, 0.15) is 27.8 Å². The summed E-state index contributed by atoms with van der Waals surface area (Å²) in [6.07, 6.45) is 0. The van der Waals surface area contributed by atoms with Crippen LogP contribution in [0.15, 0.2) is 77.4 Å². The molecule has 0 saturated carbocycles. The zero-order valence-corrected chi connectivity index (χ0v) is 22.7. The fourth-order valence-corrected chi connectivity index (χ4v) is 4.99. The monoisotopic (exact) mass is 552 g/mol. The van der Waals surface area contributed by atoms with Crippen molar-refractivity contribution in [1.29, 1.82) is 0 Å². The number of aromatic nitrogens is 4. The maximum Gasteiger partial charge on any atom is 0.358 e. The van der Waals surface area contributed by atoms with Gasteiger partial charge in [0.05, 0.1) is 19.4 Å². The van der Waals surface area contributed by atoms with E-state index in [4.69, 9.17) is 14.1 Å². The van der Waals surface area contributed by atoms with Crippen molar-refractivity contribution < 1.29 is 23.7 Å². The van der Waals surface area contributed by atoms with Gasteiger partial charge >= 0.3 is 5.97 Å². The van der Waals surface area contributed by atoms with Crippen LogP contribution in [0.4, 0.5) is 5.69 Å². The Kier molecular flexibility index (Phi) is 7.07. The topological polar surface area (TPSA) is 116 Å². The van der Waals surface area contributed by atoms with Gasteiger partial charge in [-0.25, -0.2) is 14.1 Å². The average molecular weight is 553 g/mol. The van der Waals surface area contributed by atoms with Crippen molar-refractivity contribution in [3.8, 4) is 22.7 Å². The smallest absolute Gasteiger partial charge is 0.358 e. The van der Waals surface area contributed by atoms with E-state index in [2.05, 4.69) is 20.3 Å². The number of carbonyl (C=O) groups is 2. The summed E-state index contributed by atoms with van der Waals surface area (Å²) in [6, 6.07) is 22.6. The highest BCUT2D eigenvalue weighted by Gasteiger charge is 2.24. The fourth-order valence-electron chi connectivity index (χ4n) is 4.99. The predicted molar refractivity (Wildman–Crippen MR) is 151 cm³/mol. The maximum absolute atomic E-state index is 13.1. The van der Waals surface area contributed by atoms with Crippen LogP contribution in [0, 0.1) is 0 Å². The van der Waals surface area contributed by atoms with Gasteiger partial charge in [0.25, 0.3) is 5.91 Å². The number of esters is 1. The van der Waals surface area contributed by atoms with Crippen molar-refractivity contribution in [3.05, 3.63) is 84.1 Å². The lowest BCUT2D eigenvalue weighted by molar-refractivity contribution is 0.0518. The van der Waals surface area contributed by atoms with E-state index >= 15 is 0 Å². The van der Waals surface area contributed by atoms with Gasteiger partial charge in [-0.15, -0.1) is 0 Å². The van der Waals surface area contributed by atoms with Gasteiger partial charge in [-0.05, 0) is 65.8 Å². The summed E-state index contributed by atoms with van der Waals surface area (Å²) in [7, 11) is 1.60. The standard InChI is InChI=1S/C30H28N6O5/c1-3-40-30(38)25-19-27(36(31-25)26-6-4-5-7-28(26)39-2)20-8-11-22(12-9-20)34-14-16-35(17-15-34)29(37)21-10-13-23-24(18-21)33-41-32-23/h4-13,18-19H,3,14-17H2,1-2H3. The lowest BCUT2D eigenvalue weighted by Gasteiger charge is -2.36. The number of piperazine rings is 1. The summed E-state index contributed by atoms with van der Waals surface area (Å²) in [4.78, 5) is 29.7. The number of ether oxygens (including phenoxy) is 2. The van der Waals surface area contributed by atoms with Crippen molar-refractivity contribution in [2.45, 2.75) is 6.92 Å². The number of nitrogens with zero attached hydrogens (tertiary/aromatic N) is 6. The quantitative estimate of drug-likeness (QED) is 0.274. The number of anilines is 1. The first kappa shape index (κ1) is 26.1. The third-order valence-corrected chi connectivity index (χ3v) is 7.10. The van der Waals surface area contributed by atoms with Gasteiger partial charge in [0.2, 0.25) is 0 Å². The Morgan fingerprint density at radius 1 is 0.902 bits per heavy atom. The Labute approximate surface area is 235 Å². The molecular weight excluding hydrogens is 524 g/mol. The number of rotatable bonds is 7. The van der Waals surface area contributed by atoms with Crippen molar-refractivity contribution in [2.24, 2.45) is 0 Å². The Morgan fingerprint density at radius 3 is 2.41 bits per heavy atom. The minimum absolute atomic E-state index is 0.0353. The Morgan fingerprint density at radius 2 is 1.66 bits per heavy atom. The number of methoxy groups -OCH3 is 1. The van der Waals surface area contributed by atoms with Gasteiger partial charge < -0.3 is 19.3 Å². The first-order valence-corrected chi connectivity index (χ1v) is 13.3. The Hall–Kier alpha value is -5.19. The third kappa shape index (κ3) is 5.09. The molecule has 1 amide bonds. The molecule has 11 heteroatoms. The van der Waals surface area contributed by atoms with Gasteiger partial charge in [0.1, 0.15) is 22.5 Å². The number of fused-ring (bicyclic) bond motifs is 1. The van der Waals surface area contributed by atoms with Crippen molar-refractivity contribution >= 4 is 28.6 Å². The number of carbonyl (C=O) groups excluding carboxylic acids is 2. The minimum Gasteiger partial charge on any atom is -0.494 e. The molecular formula is C30H28N6O5. The first-order chi connectivity index (χ1) is 20.1. The lowest BCUT2D eigenvalue weighted by atomic mass is 10.1. The Balaban J connectivity index is 1.20. The molecule has 0 unspecified atom stereocenters. The summed E-state index contributed by atoms with van der Waals surface area (Å²) in [5, 5.41) is 12.2. The zero-order valence-electron chi connectivity index (χ0n) is 22.7. The molecule has 5 aromatic rings. The van der Waals surface area contributed by atoms with Gasteiger partial charge in [0, 0.05) is 43.0 Å². The van der Waals surface area contributed by atoms with Crippen molar-refractivity contribution in [1.82, 2.24) is 25.0 Å². The van der Waals surface area contributed by atoms with Crippen molar-refractivity contribution in [2.75, 3.05) is 44.8 Å². The molecule has 208 valence electrons. The van der Waals surface area contributed by atoms with Crippen LogP contribution in [-0.4, -0.2) is 76.8 Å². The largest absolute Gasteiger partial charge is 0.494 e. The van der Waals surface area contributed by atoms with E-state index < -0.39 is 5.97 Å². The van der Waals surface area contributed by atoms with E-state index in [9.17, 15) is 9.59 Å². The number of benzene rings is 3. The fraction of sp³-hybridized carbons (Fsp3) is 0.233. The summed E-state index contributed by atoms with van der Waals surface area (Å²) >= 11 is 0. The molecule has 1 fully saturated rings. The van der Waals surface area contributed by atoms with Crippen LogP contribution in [0.5, 0.6) is 5.75 Å². The summed E-state index contributed by atoms with van der Waals surface area (Å²) in [6.45, 7) is 4.62. The lowest BCUT2D eigenvalue weighted by Crippen LogP contribution is -2.48. The van der Waals surface area contributed by atoms with Crippen LogP contribution in [0.3, 0.4) is 0 Å². The summed E-state index contributed by atoms with van der Waals surface area (Å²) in [5.41, 5.74) is 5.35. The van der Waals surface area contributed by atoms with Gasteiger partial charge in [-0.3, -0.25) is 4.79 Å². The van der Waals surface area contributed by atoms with Gasteiger partial charge in [0.15, 0.2) is 5.69 Å². The van der Waals surface area contributed by atoms with Crippen molar-refractivity contribution in [3.63, 3.8) is 0 Å². The second-order valence-electron chi connectivity index (χ2n) is 9.51. The van der Waals surface area contributed by atoms with Crippen LogP contribution in [0.25, 0.3) is 28.0 Å². The van der Waals surface area contributed by atoms with Crippen LogP contribution < -0.4 is 9.64 Å². The molecule has 11 nitrogen and oxygen atoms in total. The number of hydrogen-bond acceptors (Lipinski definition) is 9. The molecule has 3 heterocycles. The molecule has 41 heavy (non-hydrogen) atoms. The zero-order chi connectivity index (χ0) is 28.3. The van der Waals surface area contributed by atoms with Gasteiger partial charge in [-0.2, -0.15) is 5.10 Å².